The summed E-state index contributed by atoms with van der Waals surface area (Å²) in [5.74, 6) is -2.57. The molecule has 4 heteroatoms. The van der Waals surface area contributed by atoms with Crippen molar-refractivity contribution in [2.75, 3.05) is 0 Å². The van der Waals surface area contributed by atoms with Gasteiger partial charge in [-0.2, -0.15) is 0 Å². The average Bonchev–Trinajstić information content (AvgIpc) is 2.26. The predicted molar refractivity (Wildman–Crippen MR) is 55.3 cm³/mol. The van der Waals surface area contributed by atoms with Crippen molar-refractivity contribution in [1.82, 2.24) is 0 Å². The maximum Gasteiger partial charge on any atom is 0.239 e. The molecule has 1 aliphatic rings. The minimum absolute atomic E-state index is 0.102. The standard InChI is InChI=1S/C12H14F2O2/c13-9-5-1-2-6-10(9)16-12(15)8-4-3-7-11(12)14/h1-2,5-6,11,15H,3-4,7-8H2. The molecule has 0 spiro atoms. The molecule has 2 nitrogen and oxygen atoms in total. The third-order valence-corrected chi connectivity index (χ3v) is 2.86. The van der Waals surface area contributed by atoms with Crippen molar-refractivity contribution >= 4 is 0 Å². The van der Waals surface area contributed by atoms with Crippen LogP contribution >= 0.6 is 0 Å². The lowest BCUT2D eigenvalue weighted by Crippen LogP contribution is -2.47. The second-order valence-corrected chi connectivity index (χ2v) is 4.09. The highest BCUT2D eigenvalue weighted by atomic mass is 19.1. The zero-order valence-corrected chi connectivity index (χ0v) is 8.83. The molecule has 88 valence electrons. The zero-order chi connectivity index (χ0) is 11.6. The Labute approximate surface area is 92.9 Å². The normalized spacial score (nSPS) is 30.1. The molecule has 1 aliphatic carbocycles. The van der Waals surface area contributed by atoms with E-state index in [1.54, 1.807) is 6.07 Å². The summed E-state index contributed by atoms with van der Waals surface area (Å²) in [7, 11) is 0. The van der Waals surface area contributed by atoms with E-state index in [4.69, 9.17) is 4.74 Å². The summed E-state index contributed by atoms with van der Waals surface area (Å²) >= 11 is 0. The number of benzene rings is 1. The van der Waals surface area contributed by atoms with E-state index in [-0.39, 0.29) is 18.6 Å². The van der Waals surface area contributed by atoms with Crippen molar-refractivity contribution in [2.45, 2.75) is 37.6 Å². The Bertz CT molecular complexity index is 370. The topological polar surface area (TPSA) is 29.5 Å². The van der Waals surface area contributed by atoms with Crippen LogP contribution < -0.4 is 4.74 Å². The quantitative estimate of drug-likeness (QED) is 0.789. The number of hydrogen-bond donors (Lipinski definition) is 1. The highest BCUT2D eigenvalue weighted by molar-refractivity contribution is 5.24. The minimum Gasteiger partial charge on any atom is -0.456 e. The van der Waals surface area contributed by atoms with Gasteiger partial charge in [0.1, 0.15) is 0 Å². The van der Waals surface area contributed by atoms with Gasteiger partial charge in [-0.3, -0.25) is 0 Å². The van der Waals surface area contributed by atoms with E-state index in [0.29, 0.717) is 6.42 Å². The predicted octanol–water partition coefficient (Wildman–Crippen LogP) is 2.81. The molecular formula is C12H14F2O2. The molecule has 0 radical (unpaired) electrons. The van der Waals surface area contributed by atoms with Crippen LogP contribution in [0.5, 0.6) is 5.75 Å². The first-order valence-corrected chi connectivity index (χ1v) is 5.42. The first-order chi connectivity index (χ1) is 7.62. The fourth-order valence-electron chi connectivity index (χ4n) is 1.92. The van der Waals surface area contributed by atoms with Crippen LogP contribution in [0.1, 0.15) is 25.7 Å². The number of ether oxygens (including phenoxy) is 1. The molecule has 2 unspecified atom stereocenters. The van der Waals surface area contributed by atoms with Crippen LogP contribution in [0.3, 0.4) is 0 Å². The highest BCUT2D eigenvalue weighted by Crippen LogP contribution is 2.33. The lowest BCUT2D eigenvalue weighted by Gasteiger charge is -2.35. The summed E-state index contributed by atoms with van der Waals surface area (Å²) in [4.78, 5) is 0. The van der Waals surface area contributed by atoms with Crippen LogP contribution in [0.4, 0.5) is 8.78 Å². The number of rotatable bonds is 2. The van der Waals surface area contributed by atoms with Gasteiger partial charge >= 0.3 is 0 Å². The van der Waals surface area contributed by atoms with Gasteiger partial charge in [-0.25, -0.2) is 8.78 Å². The molecule has 0 amide bonds. The van der Waals surface area contributed by atoms with E-state index in [1.165, 1.54) is 18.2 Å². The first-order valence-electron chi connectivity index (χ1n) is 5.42. The summed E-state index contributed by atoms with van der Waals surface area (Å²) in [5.41, 5.74) is 0. The van der Waals surface area contributed by atoms with Crippen molar-refractivity contribution < 1.29 is 18.6 Å². The molecule has 0 bridgehead atoms. The molecule has 1 fully saturated rings. The molecule has 0 aromatic heterocycles. The van der Waals surface area contributed by atoms with Crippen LogP contribution in [-0.2, 0) is 0 Å². The lowest BCUT2D eigenvalue weighted by molar-refractivity contribution is -0.201. The van der Waals surface area contributed by atoms with Crippen LogP contribution in [0.2, 0.25) is 0 Å². The van der Waals surface area contributed by atoms with E-state index < -0.39 is 17.8 Å². The number of halogens is 2. The molecule has 1 aromatic carbocycles. The Hall–Kier alpha value is -1.16. The molecule has 1 saturated carbocycles. The van der Waals surface area contributed by atoms with Gasteiger partial charge in [-0.05, 0) is 25.0 Å². The van der Waals surface area contributed by atoms with Gasteiger partial charge in [0, 0.05) is 6.42 Å². The van der Waals surface area contributed by atoms with Gasteiger partial charge in [0.15, 0.2) is 17.7 Å². The third-order valence-electron chi connectivity index (χ3n) is 2.86. The van der Waals surface area contributed by atoms with Crippen LogP contribution in [-0.4, -0.2) is 17.1 Å². The van der Waals surface area contributed by atoms with Crippen molar-refractivity contribution in [1.29, 1.82) is 0 Å². The van der Waals surface area contributed by atoms with Gasteiger partial charge < -0.3 is 9.84 Å². The number of hydrogen-bond acceptors (Lipinski definition) is 2. The molecule has 16 heavy (non-hydrogen) atoms. The Morgan fingerprint density at radius 3 is 2.75 bits per heavy atom. The maximum atomic E-state index is 13.6. The average molecular weight is 228 g/mol. The van der Waals surface area contributed by atoms with Crippen molar-refractivity contribution in [3.8, 4) is 5.75 Å². The Kier molecular flexibility index (Phi) is 3.10. The number of alkyl halides is 1. The van der Waals surface area contributed by atoms with Gasteiger partial charge in [0.25, 0.3) is 0 Å². The summed E-state index contributed by atoms with van der Waals surface area (Å²) in [6.45, 7) is 0. The van der Waals surface area contributed by atoms with Gasteiger partial charge in [0.2, 0.25) is 5.79 Å². The van der Waals surface area contributed by atoms with Gasteiger partial charge in [0.05, 0.1) is 0 Å². The van der Waals surface area contributed by atoms with E-state index in [1.807, 2.05) is 0 Å². The summed E-state index contributed by atoms with van der Waals surface area (Å²) < 4.78 is 31.9. The van der Waals surface area contributed by atoms with Gasteiger partial charge in [-0.15, -0.1) is 0 Å². The van der Waals surface area contributed by atoms with Crippen molar-refractivity contribution in [3.05, 3.63) is 30.1 Å². The maximum absolute atomic E-state index is 13.6. The van der Waals surface area contributed by atoms with Crippen LogP contribution in [0.25, 0.3) is 0 Å². The van der Waals surface area contributed by atoms with Crippen molar-refractivity contribution in [3.63, 3.8) is 0 Å². The SMILES string of the molecule is OC1(Oc2ccccc2F)CCCCC1F. The van der Waals surface area contributed by atoms with E-state index in [0.717, 1.165) is 6.42 Å². The van der Waals surface area contributed by atoms with E-state index in [2.05, 4.69) is 0 Å². The summed E-state index contributed by atoms with van der Waals surface area (Å²) in [6, 6.07) is 5.70. The Morgan fingerprint density at radius 1 is 1.31 bits per heavy atom. The van der Waals surface area contributed by atoms with Gasteiger partial charge in [-0.1, -0.05) is 18.6 Å². The first kappa shape index (κ1) is 11.3. The molecule has 2 atom stereocenters. The summed E-state index contributed by atoms with van der Waals surface area (Å²) in [5, 5.41) is 9.95. The second kappa shape index (κ2) is 4.37. The largest absolute Gasteiger partial charge is 0.456 e. The smallest absolute Gasteiger partial charge is 0.239 e. The molecule has 0 heterocycles. The highest BCUT2D eigenvalue weighted by Gasteiger charge is 2.42. The molecule has 2 rings (SSSR count). The van der Waals surface area contributed by atoms with Crippen LogP contribution in [0.15, 0.2) is 24.3 Å². The fourth-order valence-corrected chi connectivity index (χ4v) is 1.92. The molecule has 1 aromatic rings. The minimum atomic E-state index is -1.87. The Balaban J connectivity index is 2.16. The second-order valence-electron chi connectivity index (χ2n) is 4.09. The van der Waals surface area contributed by atoms with E-state index >= 15 is 0 Å². The molecule has 0 aliphatic heterocycles. The molecular weight excluding hydrogens is 214 g/mol. The molecule has 1 N–H and O–H groups in total. The number of aliphatic hydroxyl groups is 1. The monoisotopic (exact) mass is 228 g/mol. The third kappa shape index (κ3) is 2.16. The van der Waals surface area contributed by atoms with Crippen LogP contribution in [0, 0.1) is 5.82 Å². The zero-order valence-electron chi connectivity index (χ0n) is 8.83. The Morgan fingerprint density at radius 2 is 2.06 bits per heavy atom. The van der Waals surface area contributed by atoms with Crippen molar-refractivity contribution in [2.24, 2.45) is 0 Å². The van der Waals surface area contributed by atoms with E-state index in [9.17, 15) is 13.9 Å². The number of para-hydroxylation sites is 1. The lowest BCUT2D eigenvalue weighted by atomic mass is 9.92. The summed E-state index contributed by atoms with van der Waals surface area (Å²) in [6.07, 6.45) is 0.406. The molecule has 0 saturated heterocycles. The fraction of sp³-hybridized carbons (Fsp3) is 0.500.